The van der Waals surface area contributed by atoms with E-state index in [1.807, 2.05) is 6.92 Å². The smallest absolute Gasteiger partial charge is 0.144 e. The molecule has 106 valence electrons. The highest BCUT2D eigenvalue weighted by Gasteiger charge is 2.17. The number of halogens is 3. The van der Waals surface area contributed by atoms with Gasteiger partial charge in [-0.05, 0) is 52.7 Å². The first kappa shape index (κ1) is 15.1. The minimum atomic E-state index is -1.61. The first-order valence-corrected chi connectivity index (χ1v) is 7.88. The van der Waals surface area contributed by atoms with Crippen LogP contribution in [0.15, 0.2) is 39.7 Å². The van der Waals surface area contributed by atoms with E-state index in [0.717, 1.165) is 11.6 Å². The van der Waals surface area contributed by atoms with Gasteiger partial charge in [0.1, 0.15) is 11.6 Å². The Balaban J connectivity index is 2.35. The van der Waals surface area contributed by atoms with Crippen molar-refractivity contribution >= 4 is 32.4 Å². The van der Waals surface area contributed by atoms with Crippen molar-refractivity contribution in [1.29, 1.82) is 0 Å². The molecule has 0 amide bonds. The van der Waals surface area contributed by atoms with E-state index in [-0.39, 0.29) is 15.8 Å². The van der Waals surface area contributed by atoms with Crippen LogP contribution in [0, 0.1) is 18.6 Å². The molecule has 1 atom stereocenters. The number of nitrogens with two attached hydrogens (primary N) is 1. The lowest BCUT2D eigenvalue weighted by molar-refractivity contribution is 0.560. The lowest BCUT2D eigenvalue weighted by atomic mass is 10.2. The molecule has 2 aromatic rings. The quantitative estimate of drug-likeness (QED) is 0.666. The minimum absolute atomic E-state index is 0.141. The summed E-state index contributed by atoms with van der Waals surface area (Å²) in [6, 6.07) is 7.47. The highest BCUT2D eigenvalue weighted by molar-refractivity contribution is 9.10. The van der Waals surface area contributed by atoms with Crippen molar-refractivity contribution in [2.75, 3.05) is 5.73 Å². The molecule has 0 saturated carbocycles. The van der Waals surface area contributed by atoms with Gasteiger partial charge in [-0.25, -0.2) is 8.78 Å². The average Bonchev–Trinajstić information content (AvgIpc) is 2.39. The van der Waals surface area contributed by atoms with Crippen LogP contribution in [0.2, 0.25) is 0 Å². The van der Waals surface area contributed by atoms with Crippen LogP contribution >= 0.6 is 15.9 Å². The summed E-state index contributed by atoms with van der Waals surface area (Å²) in [6.45, 7) is 1.86. The van der Waals surface area contributed by atoms with Crippen molar-refractivity contribution in [2.24, 2.45) is 0 Å². The van der Waals surface area contributed by atoms with E-state index in [4.69, 9.17) is 5.73 Å². The molecule has 0 bridgehead atoms. The van der Waals surface area contributed by atoms with Gasteiger partial charge >= 0.3 is 0 Å². The van der Waals surface area contributed by atoms with Crippen LogP contribution in [0.3, 0.4) is 0 Å². The van der Waals surface area contributed by atoms with Crippen molar-refractivity contribution in [3.05, 3.63) is 57.6 Å². The molecule has 0 saturated heterocycles. The number of anilines is 1. The molecule has 0 spiro atoms. The monoisotopic (exact) mass is 359 g/mol. The Hall–Kier alpha value is -1.27. The average molecular weight is 360 g/mol. The molecule has 0 radical (unpaired) electrons. The van der Waals surface area contributed by atoms with Crippen molar-refractivity contribution in [3.63, 3.8) is 0 Å². The summed E-state index contributed by atoms with van der Waals surface area (Å²) >= 11 is 2.99. The second kappa shape index (κ2) is 6.01. The number of hydrogen-bond donors (Lipinski definition) is 1. The molecule has 0 fully saturated rings. The molecule has 6 heteroatoms. The van der Waals surface area contributed by atoms with Gasteiger partial charge in [-0.15, -0.1) is 0 Å². The maximum absolute atomic E-state index is 13.9. The summed E-state index contributed by atoms with van der Waals surface area (Å²) in [5, 5.41) is 0. The SMILES string of the molecule is Cc1ccc(S(=O)Cc2c(F)ccc(Br)c2F)c(N)c1. The third-order valence-corrected chi connectivity index (χ3v) is 4.85. The van der Waals surface area contributed by atoms with Gasteiger partial charge in [0, 0.05) is 11.3 Å². The van der Waals surface area contributed by atoms with Crippen LogP contribution in [0.5, 0.6) is 0 Å². The summed E-state index contributed by atoms with van der Waals surface area (Å²) in [5.74, 6) is -1.71. The molecule has 2 rings (SSSR count). The lowest BCUT2D eigenvalue weighted by Gasteiger charge is -2.09. The number of nitrogen functional groups attached to an aromatic ring is 1. The maximum atomic E-state index is 13.9. The number of hydrogen-bond acceptors (Lipinski definition) is 2. The van der Waals surface area contributed by atoms with E-state index in [9.17, 15) is 13.0 Å². The van der Waals surface area contributed by atoms with Gasteiger partial charge in [0.25, 0.3) is 0 Å². The lowest BCUT2D eigenvalue weighted by Crippen LogP contribution is -2.05. The molecular weight excluding hydrogens is 348 g/mol. The molecule has 2 N–H and O–H groups in total. The Kier molecular flexibility index (Phi) is 4.55. The Morgan fingerprint density at radius 2 is 1.95 bits per heavy atom. The predicted molar refractivity (Wildman–Crippen MR) is 79.8 cm³/mol. The van der Waals surface area contributed by atoms with Gasteiger partial charge in [0.2, 0.25) is 0 Å². The van der Waals surface area contributed by atoms with Crippen LogP contribution < -0.4 is 5.73 Å². The van der Waals surface area contributed by atoms with Gasteiger partial charge in [-0.3, -0.25) is 4.21 Å². The summed E-state index contributed by atoms with van der Waals surface area (Å²) in [6.07, 6.45) is 0. The van der Waals surface area contributed by atoms with Gasteiger partial charge in [-0.1, -0.05) is 6.07 Å². The van der Waals surface area contributed by atoms with Gasteiger partial charge < -0.3 is 5.73 Å². The molecule has 0 heterocycles. The molecule has 0 aliphatic heterocycles. The molecular formula is C14H12BrF2NOS. The van der Waals surface area contributed by atoms with Crippen LogP contribution in [-0.4, -0.2) is 4.21 Å². The van der Waals surface area contributed by atoms with Gasteiger partial charge in [0.15, 0.2) is 0 Å². The number of rotatable bonds is 3. The van der Waals surface area contributed by atoms with Crippen molar-refractivity contribution in [1.82, 2.24) is 0 Å². The van der Waals surface area contributed by atoms with Crippen molar-refractivity contribution in [2.45, 2.75) is 17.6 Å². The summed E-state index contributed by atoms with van der Waals surface area (Å²) < 4.78 is 39.9. The molecule has 2 nitrogen and oxygen atoms in total. The fourth-order valence-electron chi connectivity index (χ4n) is 1.79. The second-order valence-electron chi connectivity index (χ2n) is 4.35. The molecule has 0 aliphatic carbocycles. The van der Waals surface area contributed by atoms with E-state index in [1.165, 1.54) is 6.07 Å². The molecule has 2 aromatic carbocycles. The fourth-order valence-corrected chi connectivity index (χ4v) is 3.38. The van der Waals surface area contributed by atoms with Gasteiger partial charge in [0.05, 0.1) is 25.9 Å². The van der Waals surface area contributed by atoms with Crippen LogP contribution in [0.1, 0.15) is 11.1 Å². The van der Waals surface area contributed by atoms with Gasteiger partial charge in [-0.2, -0.15) is 0 Å². The highest BCUT2D eigenvalue weighted by Crippen LogP contribution is 2.26. The normalized spacial score (nSPS) is 12.4. The van der Waals surface area contributed by atoms with E-state index in [0.29, 0.717) is 10.6 Å². The standard InChI is InChI=1S/C14H12BrF2NOS/c1-8-2-5-13(12(18)6-8)20(19)7-9-11(16)4-3-10(15)14(9)17/h2-6H,7,18H2,1H3. The zero-order chi connectivity index (χ0) is 14.9. The first-order chi connectivity index (χ1) is 9.40. The molecule has 0 aromatic heterocycles. The summed E-state index contributed by atoms with van der Waals surface area (Å²) in [4.78, 5) is 0.384. The van der Waals surface area contributed by atoms with Crippen LogP contribution in [-0.2, 0) is 16.6 Å². The zero-order valence-electron chi connectivity index (χ0n) is 10.6. The number of aryl methyl sites for hydroxylation is 1. The number of benzene rings is 2. The molecule has 1 unspecified atom stereocenters. The fraction of sp³-hybridized carbons (Fsp3) is 0.143. The van der Waals surface area contributed by atoms with E-state index in [2.05, 4.69) is 15.9 Å². The largest absolute Gasteiger partial charge is 0.398 e. The van der Waals surface area contributed by atoms with E-state index >= 15 is 0 Å². The maximum Gasteiger partial charge on any atom is 0.144 e. The third kappa shape index (κ3) is 3.07. The predicted octanol–water partition coefficient (Wildman–Crippen LogP) is 3.93. The molecule has 0 aliphatic rings. The zero-order valence-corrected chi connectivity index (χ0v) is 13.0. The Morgan fingerprint density at radius 3 is 2.60 bits per heavy atom. The van der Waals surface area contributed by atoms with Crippen molar-refractivity contribution in [3.8, 4) is 0 Å². The Bertz CT molecular complexity index is 691. The third-order valence-electron chi connectivity index (χ3n) is 2.82. The highest BCUT2D eigenvalue weighted by atomic mass is 79.9. The second-order valence-corrected chi connectivity index (χ2v) is 6.63. The van der Waals surface area contributed by atoms with E-state index in [1.54, 1.807) is 18.2 Å². The van der Waals surface area contributed by atoms with E-state index < -0.39 is 22.4 Å². The van der Waals surface area contributed by atoms with Crippen LogP contribution in [0.4, 0.5) is 14.5 Å². The summed E-state index contributed by atoms with van der Waals surface area (Å²) in [5.41, 5.74) is 6.88. The molecule has 20 heavy (non-hydrogen) atoms. The Morgan fingerprint density at radius 1 is 1.25 bits per heavy atom. The Labute approximate surface area is 126 Å². The topological polar surface area (TPSA) is 43.1 Å². The van der Waals surface area contributed by atoms with Crippen molar-refractivity contribution < 1.29 is 13.0 Å². The minimum Gasteiger partial charge on any atom is -0.398 e. The first-order valence-electron chi connectivity index (χ1n) is 5.77. The van der Waals surface area contributed by atoms with Crippen LogP contribution in [0.25, 0.3) is 0 Å². The summed E-state index contributed by atoms with van der Waals surface area (Å²) in [7, 11) is -1.61.